The van der Waals surface area contributed by atoms with E-state index in [4.69, 9.17) is 20.1 Å². The van der Waals surface area contributed by atoms with Crippen molar-refractivity contribution in [2.75, 3.05) is 13.2 Å². The molecule has 0 fully saturated rings. The van der Waals surface area contributed by atoms with Gasteiger partial charge in [0.25, 0.3) is 0 Å². The molecular formula is C4H7F3O4. The summed E-state index contributed by atoms with van der Waals surface area (Å²) in [5, 5.41) is 22.4. The van der Waals surface area contributed by atoms with E-state index in [1.54, 1.807) is 0 Å². The number of hydrogen-bond acceptors (Lipinski definition) is 3. The fourth-order valence-corrected chi connectivity index (χ4v) is 0. The lowest BCUT2D eigenvalue weighted by Gasteiger charge is -1.93. The molecule has 0 saturated heterocycles. The van der Waals surface area contributed by atoms with Gasteiger partial charge in [-0.25, -0.2) is 4.79 Å². The number of carboxylic acid groups (broad SMARTS) is 1. The highest BCUT2D eigenvalue weighted by molar-refractivity contribution is 5.73. The molecule has 0 amide bonds. The Morgan fingerprint density at radius 3 is 1.36 bits per heavy atom. The molecule has 0 aromatic rings. The summed E-state index contributed by atoms with van der Waals surface area (Å²) in [6, 6.07) is 0. The summed E-state index contributed by atoms with van der Waals surface area (Å²) < 4.78 is 31.7. The van der Waals surface area contributed by atoms with Crippen LogP contribution in [0.15, 0.2) is 0 Å². The van der Waals surface area contributed by atoms with Crippen molar-refractivity contribution in [2.24, 2.45) is 0 Å². The largest absolute Gasteiger partial charge is 0.490 e. The number of halogens is 3. The molecule has 0 aromatic carbocycles. The van der Waals surface area contributed by atoms with Crippen LogP contribution in [0.1, 0.15) is 0 Å². The first-order chi connectivity index (χ1) is 4.86. The lowest BCUT2D eigenvalue weighted by Crippen LogP contribution is -2.21. The highest BCUT2D eigenvalue weighted by atomic mass is 19.4. The summed E-state index contributed by atoms with van der Waals surface area (Å²) >= 11 is 0. The van der Waals surface area contributed by atoms with E-state index < -0.39 is 12.1 Å². The molecule has 3 N–H and O–H groups in total. The maximum atomic E-state index is 10.6. The zero-order chi connectivity index (χ0) is 9.49. The van der Waals surface area contributed by atoms with E-state index in [9.17, 15) is 13.2 Å². The molecule has 0 saturated carbocycles. The van der Waals surface area contributed by atoms with Crippen LogP contribution in [0.4, 0.5) is 13.2 Å². The second-order valence-corrected chi connectivity index (χ2v) is 1.25. The van der Waals surface area contributed by atoms with Gasteiger partial charge in [-0.15, -0.1) is 0 Å². The highest BCUT2D eigenvalue weighted by Gasteiger charge is 2.38. The minimum atomic E-state index is -5.08. The van der Waals surface area contributed by atoms with Crippen LogP contribution in [-0.2, 0) is 4.79 Å². The smallest absolute Gasteiger partial charge is 0.475 e. The topological polar surface area (TPSA) is 77.8 Å². The van der Waals surface area contributed by atoms with Crippen LogP contribution in [0.2, 0.25) is 0 Å². The summed E-state index contributed by atoms with van der Waals surface area (Å²) in [6.45, 7) is -0.250. The predicted octanol–water partition coefficient (Wildman–Crippen LogP) is -0.396. The van der Waals surface area contributed by atoms with Gasteiger partial charge in [0.15, 0.2) is 0 Å². The van der Waals surface area contributed by atoms with E-state index in [1.807, 2.05) is 0 Å². The van der Waals surface area contributed by atoms with Gasteiger partial charge < -0.3 is 15.3 Å². The Labute approximate surface area is 59.9 Å². The molecule has 7 heteroatoms. The number of carboxylic acids is 1. The summed E-state index contributed by atoms with van der Waals surface area (Å²) in [5.74, 6) is -2.76. The number of aliphatic hydroxyl groups excluding tert-OH is 2. The molecule has 0 unspecified atom stereocenters. The Morgan fingerprint density at radius 2 is 1.36 bits per heavy atom. The van der Waals surface area contributed by atoms with E-state index in [0.717, 1.165) is 0 Å². The van der Waals surface area contributed by atoms with E-state index in [0.29, 0.717) is 0 Å². The minimum absolute atomic E-state index is 0.125. The molecule has 0 spiro atoms. The molecule has 0 radical (unpaired) electrons. The van der Waals surface area contributed by atoms with Gasteiger partial charge in [0.2, 0.25) is 0 Å². The Kier molecular flexibility index (Phi) is 6.91. The van der Waals surface area contributed by atoms with Crippen molar-refractivity contribution < 1.29 is 33.3 Å². The predicted molar refractivity (Wildman–Crippen MR) is 27.9 cm³/mol. The monoisotopic (exact) mass is 176 g/mol. The lowest BCUT2D eigenvalue weighted by molar-refractivity contribution is -0.192. The average Bonchev–Trinajstić information content (AvgIpc) is 1.87. The number of alkyl halides is 3. The van der Waals surface area contributed by atoms with Crippen LogP contribution in [0.5, 0.6) is 0 Å². The van der Waals surface area contributed by atoms with Gasteiger partial charge in [-0.1, -0.05) is 0 Å². The molecule has 0 bridgehead atoms. The maximum absolute atomic E-state index is 10.6. The number of aliphatic hydroxyl groups is 2. The van der Waals surface area contributed by atoms with E-state index in [-0.39, 0.29) is 13.2 Å². The molecule has 4 nitrogen and oxygen atoms in total. The Balaban J connectivity index is 0. The SMILES string of the molecule is O=C(O)C(F)(F)F.OCCO. The molecule has 0 atom stereocenters. The maximum Gasteiger partial charge on any atom is 0.490 e. The second-order valence-electron chi connectivity index (χ2n) is 1.25. The van der Waals surface area contributed by atoms with Crippen LogP contribution in [0.25, 0.3) is 0 Å². The van der Waals surface area contributed by atoms with Crippen LogP contribution < -0.4 is 0 Å². The number of aliphatic carboxylic acids is 1. The van der Waals surface area contributed by atoms with Crippen molar-refractivity contribution in [3.05, 3.63) is 0 Å². The van der Waals surface area contributed by atoms with E-state index in [2.05, 4.69) is 0 Å². The Bertz CT molecular complexity index is 108. The number of hydrogen-bond donors (Lipinski definition) is 3. The van der Waals surface area contributed by atoms with Crippen molar-refractivity contribution >= 4 is 5.97 Å². The quantitative estimate of drug-likeness (QED) is 0.508. The van der Waals surface area contributed by atoms with Gasteiger partial charge in [0.1, 0.15) is 0 Å². The van der Waals surface area contributed by atoms with Gasteiger partial charge in [-0.05, 0) is 0 Å². The fraction of sp³-hybridized carbons (Fsp3) is 0.750. The lowest BCUT2D eigenvalue weighted by atomic mass is 10.7. The van der Waals surface area contributed by atoms with Crippen molar-refractivity contribution in [2.45, 2.75) is 6.18 Å². The van der Waals surface area contributed by atoms with Crippen LogP contribution in [-0.4, -0.2) is 40.7 Å². The third-order valence-electron chi connectivity index (χ3n) is 0.343. The first kappa shape index (κ1) is 12.8. The standard InChI is InChI=1S/C2HF3O2.C2H6O2/c3-2(4,5)1(6)7;3-1-2-4/h(H,6,7);3-4H,1-2H2. The highest BCUT2D eigenvalue weighted by Crippen LogP contribution is 2.13. The van der Waals surface area contributed by atoms with E-state index in [1.165, 1.54) is 0 Å². The second kappa shape index (κ2) is 5.93. The van der Waals surface area contributed by atoms with Gasteiger partial charge in [0, 0.05) is 0 Å². The van der Waals surface area contributed by atoms with Gasteiger partial charge in [-0.2, -0.15) is 13.2 Å². The average molecular weight is 176 g/mol. The molecule has 0 aliphatic rings. The van der Waals surface area contributed by atoms with Gasteiger partial charge >= 0.3 is 12.1 Å². The number of rotatable bonds is 1. The van der Waals surface area contributed by atoms with Crippen LogP contribution in [0, 0.1) is 0 Å². The van der Waals surface area contributed by atoms with Crippen LogP contribution >= 0.6 is 0 Å². The molecule has 11 heavy (non-hydrogen) atoms. The van der Waals surface area contributed by atoms with Gasteiger partial charge in [0.05, 0.1) is 13.2 Å². The third kappa shape index (κ3) is 12.4. The summed E-state index contributed by atoms with van der Waals surface area (Å²) in [7, 11) is 0. The number of carbonyl (C=O) groups is 1. The summed E-state index contributed by atoms with van der Waals surface area (Å²) in [4.78, 5) is 8.90. The zero-order valence-corrected chi connectivity index (χ0v) is 5.30. The zero-order valence-electron chi connectivity index (χ0n) is 5.30. The molecule has 0 aromatic heterocycles. The molecule has 0 rings (SSSR count). The molecule has 0 aliphatic carbocycles. The van der Waals surface area contributed by atoms with Crippen molar-refractivity contribution in [1.82, 2.24) is 0 Å². The third-order valence-corrected chi connectivity index (χ3v) is 0.343. The molecule has 0 heterocycles. The molecular weight excluding hydrogens is 169 g/mol. The molecule has 68 valence electrons. The first-order valence-corrected chi connectivity index (χ1v) is 2.38. The minimum Gasteiger partial charge on any atom is -0.475 e. The summed E-state index contributed by atoms with van der Waals surface area (Å²) in [5.41, 5.74) is 0. The fourth-order valence-electron chi connectivity index (χ4n) is 0. The Morgan fingerprint density at radius 1 is 1.18 bits per heavy atom. The van der Waals surface area contributed by atoms with Crippen molar-refractivity contribution in [1.29, 1.82) is 0 Å². The Hall–Kier alpha value is -0.820. The van der Waals surface area contributed by atoms with Crippen molar-refractivity contribution in [3.8, 4) is 0 Å². The van der Waals surface area contributed by atoms with Crippen LogP contribution in [0.3, 0.4) is 0 Å². The first-order valence-electron chi connectivity index (χ1n) is 2.38. The normalized spacial score (nSPS) is 9.91. The van der Waals surface area contributed by atoms with E-state index >= 15 is 0 Å². The molecule has 0 aliphatic heterocycles. The van der Waals surface area contributed by atoms with Crippen molar-refractivity contribution in [3.63, 3.8) is 0 Å². The summed E-state index contributed by atoms with van der Waals surface area (Å²) in [6.07, 6.45) is -5.08. The van der Waals surface area contributed by atoms with Gasteiger partial charge in [-0.3, -0.25) is 0 Å².